The van der Waals surface area contributed by atoms with Gasteiger partial charge in [-0.05, 0) is 89.9 Å². The molecule has 0 aromatic heterocycles. The van der Waals surface area contributed by atoms with E-state index in [1.54, 1.807) is 0 Å². The fraction of sp³-hybridized carbons (Fsp3) is 0.797. The summed E-state index contributed by atoms with van der Waals surface area (Å²) in [5.74, 6) is -0.871. The van der Waals surface area contributed by atoms with E-state index in [1.165, 1.54) is 225 Å². The van der Waals surface area contributed by atoms with Crippen LogP contribution >= 0.6 is 0 Å². The molecule has 6 heteroatoms. The summed E-state index contributed by atoms with van der Waals surface area (Å²) in [5, 5.41) is 0. The average Bonchev–Trinajstić information content (AvgIpc) is 3.46. The van der Waals surface area contributed by atoms with Crippen LogP contribution in [0.5, 0.6) is 0 Å². The van der Waals surface area contributed by atoms with Crippen molar-refractivity contribution in [3.63, 3.8) is 0 Å². The number of ether oxygens (including phenoxy) is 3. The van der Waals surface area contributed by atoms with E-state index in [1.807, 2.05) is 0 Å². The first-order chi connectivity index (χ1) is 39.5. The Morgan fingerprint density at radius 1 is 0.263 bits per heavy atom. The number of rotatable bonds is 64. The summed E-state index contributed by atoms with van der Waals surface area (Å²) < 4.78 is 17.0. The molecule has 0 saturated carbocycles. The van der Waals surface area contributed by atoms with Crippen LogP contribution in [-0.2, 0) is 28.6 Å². The number of esters is 3. The molecule has 0 N–H and O–H groups in total. The second kappa shape index (κ2) is 68.3. The molecule has 0 saturated heterocycles. The maximum atomic E-state index is 13.0. The van der Waals surface area contributed by atoms with Gasteiger partial charge in [-0.3, -0.25) is 14.4 Å². The van der Waals surface area contributed by atoms with Gasteiger partial charge in [-0.15, -0.1) is 0 Å². The molecule has 1 atom stereocenters. The van der Waals surface area contributed by atoms with E-state index in [2.05, 4.69) is 93.7 Å². The summed E-state index contributed by atoms with van der Waals surface area (Å²) in [5.41, 5.74) is 0. The van der Waals surface area contributed by atoms with E-state index < -0.39 is 6.10 Å². The van der Waals surface area contributed by atoms with E-state index in [0.29, 0.717) is 19.3 Å². The maximum Gasteiger partial charge on any atom is 0.306 e. The smallest absolute Gasteiger partial charge is 0.306 e. The molecule has 464 valence electrons. The molecule has 0 aliphatic carbocycles. The Hall–Kier alpha value is -3.15. The molecular formula is C74H132O6. The van der Waals surface area contributed by atoms with Gasteiger partial charge >= 0.3 is 17.9 Å². The van der Waals surface area contributed by atoms with Crippen molar-refractivity contribution in [2.45, 2.75) is 367 Å². The molecule has 0 aromatic rings. The SMILES string of the molecule is CC/C=C\C/C=C\C/C=C\C/C=C\CCCCCCCCC(=O)OCC(COC(=O)CCCCCCCCCCCCC/C=C\C/C=C\CCCCCCC)OC(=O)CCCCCCCCCCCCCCCCCCCCCC. The quantitative estimate of drug-likeness (QED) is 0.0261. The summed E-state index contributed by atoms with van der Waals surface area (Å²) in [6.07, 6.45) is 89.2. The van der Waals surface area contributed by atoms with Crippen LogP contribution in [0.2, 0.25) is 0 Å². The van der Waals surface area contributed by atoms with Crippen LogP contribution < -0.4 is 0 Å². The van der Waals surface area contributed by atoms with Gasteiger partial charge in [0.15, 0.2) is 6.10 Å². The predicted molar refractivity (Wildman–Crippen MR) is 348 cm³/mol. The molecule has 80 heavy (non-hydrogen) atoms. The minimum Gasteiger partial charge on any atom is -0.462 e. The fourth-order valence-corrected chi connectivity index (χ4v) is 10.2. The highest BCUT2D eigenvalue weighted by Gasteiger charge is 2.19. The molecule has 1 unspecified atom stereocenters. The van der Waals surface area contributed by atoms with Gasteiger partial charge in [0.25, 0.3) is 0 Å². The largest absolute Gasteiger partial charge is 0.462 e. The van der Waals surface area contributed by atoms with Crippen molar-refractivity contribution in [3.8, 4) is 0 Å². The molecule has 0 fully saturated rings. The Kier molecular flexibility index (Phi) is 65.7. The lowest BCUT2D eigenvalue weighted by molar-refractivity contribution is -0.167. The van der Waals surface area contributed by atoms with E-state index >= 15 is 0 Å². The molecule has 0 bridgehead atoms. The lowest BCUT2D eigenvalue weighted by atomic mass is 10.0. The van der Waals surface area contributed by atoms with Crippen LogP contribution in [0.1, 0.15) is 361 Å². The van der Waals surface area contributed by atoms with E-state index in [-0.39, 0.29) is 31.1 Å². The zero-order valence-corrected chi connectivity index (χ0v) is 53.3. The second-order valence-corrected chi connectivity index (χ2v) is 23.4. The standard InChI is InChI=1S/C74H132O6/c1-4-7-10-13-16-19-22-25-28-31-34-36-37-38-41-43-46-49-52-55-58-61-64-67-73(76)79-70-71(69-78-72(75)66-63-60-57-54-51-48-45-42-39-33-30-27-24-21-18-15-12-9-6-3)80-74(77)68-65-62-59-56-53-50-47-44-40-35-32-29-26-23-20-17-14-11-8-5-2/h9,12,18,21-22,25,27,30-31,34,39,42,71H,4-8,10-11,13-17,19-20,23-24,26,28-29,32-33,35-38,40-41,43-70H2,1-3H3/b12-9-,21-18-,25-22-,30-27-,34-31-,42-39-. The summed E-state index contributed by atoms with van der Waals surface area (Å²) in [6, 6.07) is 0. The van der Waals surface area contributed by atoms with Gasteiger partial charge in [0.05, 0.1) is 0 Å². The normalized spacial score (nSPS) is 12.5. The van der Waals surface area contributed by atoms with Gasteiger partial charge < -0.3 is 14.2 Å². The Bertz CT molecular complexity index is 1470. The van der Waals surface area contributed by atoms with Crippen molar-refractivity contribution in [1.82, 2.24) is 0 Å². The molecule has 0 amide bonds. The minimum atomic E-state index is -0.783. The van der Waals surface area contributed by atoms with Crippen LogP contribution in [0.25, 0.3) is 0 Å². The van der Waals surface area contributed by atoms with Crippen LogP contribution in [0.3, 0.4) is 0 Å². The number of hydrogen-bond donors (Lipinski definition) is 0. The molecule has 0 spiro atoms. The third kappa shape index (κ3) is 65.7. The third-order valence-electron chi connectivity index (χ3n) is 15.4. The first-order valence-corrected chi connectivity index (χ1v) is 34.9. The first kappa shape index (κ1) is 76.9. The van der Waals surface area contributed by atoms with Crippen LogP contribution in [0, 0.1) is 0 Å². The molecular weight excluding hydrogens is 985 g/mol. The van der Waals surface area contributed by atoms with Gasteiger partial charge in [0.1, 0.15) is 13.2 Å². The minimum absolute atomic E-state index is 0.0777. The zero-order chi connectivity index (χ0) is 57.8. The molecule has 0 aliphatic rings. The average molecular weight is 1120 g/mol. The van der Waals surface area contributed by atoms with Gasteiger partial charge in [-0.2, -0.15) is 0 Å². The van der Waals surface area contributed by atoms with Crippen molar-refractivity contribution < 1.29 is 28.6 Å². The highest BCUT2D eigenvalue weighted by molar-refractivity contribution is 5.71. The van der Waals surface area contributed by atoms with Gasteiger partial charge in [0.2, 0.25) is 0 Å². The van der Waals surface area contributed by atoms with Crippen LogP contribution in [0.15, 0.2) is 72.9 Å². The highest BCUT2D eigenvalue weighted by Crippen LogP contribution is 2.18. The molecule has 0 aromatic carbocycles. The lowest BCUT2D eigenvalue weighted by Gasteiger charge is -2.18. The monoisotopic (exact) mass is 1120 g/mol. The number of hydrogen-bond acceptors (Lipinski definition) is 6. The Labute approximate surface area is 497 Å². The van der Waals surface area contributed by atoms with Gasteiger partial charge in [0, 0.05) is 19.3 Å². The molecule has 0 rings (SSSR count). The lowest BCUT2D eigenvalue weighted by Crippen LogP contribution is -2.30. The van der Waals surface area contributed by atoms with Crippen molar-refractivity contribution in [1.29, 1.82) is 0 Å². The van der Waals surface area contributed by atoms with Crippen molar-refractivity contribution in [3.05, 3.63) is 72.9 Å². The van der Waals surface area contributed by atoms with E-state index in [9.17, 15) is 14.4 Å². The van der Waals surface area contributed by atoms with Gasteiger partial charge in [-0.1, -0.05) is 325 Å². The van der Waals surface area contributed by atoms with Crippen LogP contribution in [0.4, 0.5) is 0 Å². The molecule has 0 aliphatic heterocycles. The Morgan fingerprint density at radius 2 is 0.487 bits per heavy atom. The first-order valence-electron chi connectivity index (χ1n) is 34.9. The molecule has 0 radical (unpaired) electrons. The number of unbranched alkanes of at least 4 members (excludes halogenated alkanes) is 41. The summed E-state index contributed by atoms with van der Waals surface area (Å²) in [4.78, 5) is 38.5. The van der Waals surface area contributed by atoms with E-state index in [0.717, 1.165) is 96.3 Å². The second-order valence-electron chi connectivity index (χ2n) is 23.4. The number of carbonyl (C=O) groups is 3. The van der Waals surface area contributed by atoms with E-state index in [4.69, 9.17) is 14.2 Å². The van der Waals surface area contributed by atoms with Gasteiger partial charge in [-0.25, -0.2) is 0 Å². The summed E-state index contributed by atoms with van der Waals surface area (Å²) >= 11 is 0. The summed E-state index contributed by atoms with van der Waals surface area (Å²) in [7, 11) is 0. The fourth-order valence-electron chi connectivity index (χ4n) is 10.2. The topological polar surface area (TPSA) is 78.9 Å². The Morgan fingerprint density at radius 3 is 0.762 bits per heavy atom. The number of allylic oxidation sites excluding steroid dienone is 12. The molecule has 0 heterocycles. The zero-order valence-electron chi connectivity index (χ0n) is 53.3. The highest BCUT2D eigenvalue weighted by atomic mass is 16.6. The Balaban J connectivity index is 4.36. The third-order valence-corrected chi connectivity index (χ3v) is 15.4. The molecule has 6 nitrogen and oxygen atoms in total. The van der Waals surface area contributed by atoms with Crippen molar-refractivity contribution in [2.24, 2.45) is 0 Å². The van der Waals surface area contributed by atoms with Crippen molar-refractivity contribution in [2.75, 3.05) is 13.2 Å². The maximum absolute atomic E-state index is 13.0. The number of carbonyl (C=O) groups excluding carboxylic acids is 3. The predicted octanol–water partition coefficient (Wildman–Crippen LogP) is 24.1. The van der Waals surface area contributed by atoms with Crippen LogP contribution in [-0.4, -0.2) is 37.2 Å². The van der Waals surface area contributed by atoms with Crippen molar-refractivity contribution >= 4 is 17.9 Å². The summed E-state index contributed by atoms with van der Waals surface area (Å²) in [6.45, 7) is 6.57.